The molecular formula is C23H29ClF4N4O3S. The lowest BCUT2D eigenvalue weighted by atomic mass is 9.74. The summed E-state index contributed by atoms with van der Waals surface area (Å²) < 4.78 is 84.8. The predicted octanol–water partition coefficient (Wildman–Crippen LogP) is 4.04. The number of carbonyl (C=O) groups is 1. The Morgan fingerprint density at radius 3 is 2.14 bits per heavy atom. The van der Waals surface area contributed by atoms with E-state index in [0.29, 0.717) is 13.1 Å². The Bertz CT molecular complexity index is 1170. The molecule has 0 radical (unpaired) electrons. The molecule has 0 unspecified atom stereocenters. The van der Waals surface area contributed by atoms with Crippen LogP contribution in [0.15, 0.2) is 35.7 Å². The average molecular weight is 553 g/mol. The van der Waals surface area contributed by atoms with E-state index in [4.69, 9.17) is 0 Å². The second kappa shape index (κ2) is 10.8. The molecule has 2 heterocycles. The molecule has 1 aromatic heterocycles. The van der Waals surface area contributed by atoms with Crippen molar-refractivity contribution < 1.29 is 30.8 Å². The van der Waals surface area contributed by atoms with Crippen LogP contribution in [0.4, 0.5) is 17.6 Å². The normalized spacial score (nSPS) is 20.6. The maximum absolute atomic E-state index is 14.1. The van der Waals surface area contributed by atoms with Crippen LogP contribution in [0.2, 0.25) is 0 Å². The summed E-state index contributed by atoms with van der Waals surface area (Å²) in [6.07, 6.45) is 2.28. The highest BCUT2D eigenvalue weighted by molar-refractivity contribution is 7.89. The molecule has 0 atom stereocenters. The van der Waals surface area contributed by atoms with Crippen molar-refractivity contribution in [2.45, 2.75) is 55.0 Å². The van der Waals surface area contributed by atoms with Gasteiger partial charge >= 0.3 is 0 Å². The maximum atomic E-state index is 14.1. The predicted molar refractivity (Wildman–Crippen MR) is 127 cm³/mol. The number of sulfonamides is 1. The Morgan fingerprint density at radius 2 is 1.61 bits per heavy atom. The molecule has 1 aliphatic heterocycles. The third-order valence-corrected chi connectivity index (χ3v) is 8.95. The van der Waals surface area contributed by atoms with Gasteiger partial charge in [0, 0.05) is 64.2 Å². The van der Waals surface area contributed by atoms with Crippen molar-refractivity contribution in [2.75, 3.05) is 26.2 Å². The Kier molecular flexibility index (Phi) is 8.54. The molecule has 200 valence electrons. The second-order valence-corrected chi connectivity index (χ2v) is 11.3. The molecular weight excluding hydrogens is 524 g/mol. The third-order valence-electron chi connectivity index (χ3n) is 7.17. The van der Waals surface area contributed by atoms with E-state index in [0.717, 1.165) is 12.1 Å². The van der Waals surface area contributed by atoms with Crippen molar-refractivity contribution in [3.63, 3.8) is 0 Å². The second-order valence-electron chi connectivity index (χ2n) is 9.37. The molecule has 36 heavy (non-hydrogen) atoms. The fourth-order valence-electron chi connectivity index (χ4n) is 5.10. The molecule has 0 N–H and O–H groups in total. The highest BCUT2D eigenvalue weighted by Gasteiger charge is 2.47. The van der Waals surface area contributed by atoms with Crippen LogP contribution in [0.3, 0.4) is 0 Å². The zero-order valence-corrected chi connectivity index (χ0v) is 21.4. The van der Waals surface area contributed by atoms with Crippen LogP contribution in [-0.2, 0) is 17.1 Å². The summed E-state index contributed by atoms with van der Waals surface area (Å²) >= 11 is 0. The summed E-state index contributed by atoms with van der Waals surface area (Å²) in [5.74, 6) is -5.43. The maximum Gasteiger partial charge on any atom is 0.262 e. The lowest BCUT2D eigenvalue weighted by Gasteiger charge is -2.50. The van der Waals surface area contributed by atoms with Gasteiger partial charge in [0.15, 0.2) is 10.8 Å². The smallest absolute Gasteiger partial charge is 0.262 e. The molecule has 0 bridgehead atoms. The molecule has 0 amide bonds. The number of Topliss-reactive ketones (excluding diaryl/α,β-unsaturated/α-hetero) is 1. The van der Waals surface area contributed by atoms with Gasteiger partial charge in [-0.25, -0.2) is 31.0 Å². The molecule has 1 saturated carbocycles. The van der Waals surface area contributed by atoms with Crippen LogP contribution in [0.5, 0.6) is 0 Å². The summed E-state index contributed by atoms with van der Waals surface area (Å²) in [5, 5.41) is -0.0574. The number of nitrogens with zero attached hydrogens (tertiary/aromatic N) is 4. The van der Waals surface area contributed by atoms with Crippen molar-refractivity contribution >= 4 is 28.2 Å². The molecule has 2 aromatic rings. The van der Waals surface area contributed by atoms with Crippen LogP contribution >= 0.6 is 12.4 Å². The Labute approximate surface area is 213 Å². The first kappa shape index (κ1) is 28.5. The Balaban J connectivity index is 0.00000361. The molecule has 2 fully saturated rings. The van der Waals surface area contributed by atoms with Gasteiger partial charge in [0.1, 0.15) is 11.6 Å². The zero-order valence-electron chi connectivity index (χ0n) is 19.8. The van der Waals surface area contributed by atoms with Gasteiger partial charge in [-0.15, -0.1) is 12.4 Å². The molecule has 0 spiro atoms. The molecule has 13 heteroatoms. The van der Waals surface area contributed by atoms with Crippen molar-refractivity contribution in [3.8, 4) is 0 Å². The van der Waals surface area contributed by atoms with Crippen LogP contribution in [0, 0.1) is 11.6 Å². The van der Waals surface area contributed by atoms with Gasteiger partial charge in [0.25, 0.3) is 10.0 Å². The number of aromatic nitrogens is 2. The van der Waals surface area contributed by atoms with Gasteiger partial charge in [-0.2, -0.15) is 4.31 Å². The molecule has 4 rings (SSSR count). The van der Waals surface area contributed by atoms with E-state index in [2.05, 4.69) is 4.98 Å². The topological polar surface area (TPSA) is 75.5 Å². The van der Waals surface area contributed by atoms with Crippen LogP contribution in [-0.4, -0.2) is 70.6 Å². The van der Waals surface area contributed by atoms with E-state index < -0.39 is 44.5 Å². The van der Waals surface area contributed by atoms with Gasteiger partial charge < -0.3 is 4.57 Å². The van der Waals surface area contributed by atoms with Gasteiger partial charge in [-0.3, -0.25) is 9.69 Å². The van der Waals surface area contributed by atoms with E-state index >= 15 is 0 Å². The number of hydrogen-bond acceptors (Lipinski definition) is 5. The van der Waals surface area contributed by atoms with E-state index in [1.807, 2.05) is 4.90 Å². The first-order valence-corrected chi connectivity index (χ1v) is 13.0. The van der Waals surface area contributed by atoms with Crippen LogP contribution in [0.1, 0.15) is 48.9 Å². The number of aryl methyl sites for hydroxylation is 1. The minimum Gasteiger partial charge on any atom is -0.339 e. The fourth-order valence-corrected chi connectivity index (χ4v) is 6.49. The number of ketones is 1. The molecule has 1 aliphatic carbocycles. The molecule has 2 aliphatic rings. The fraction of sp³-hybridized carbons (Fsp3) is 0.565. The minimum atomic E-state index is -3.79. The number of rotatable bonds is 7. The number of alkyl halides is 2. The molecule has 1 saturated heterocycles. The number of halogens is 5. The SMILES string of the molecule is Cl.Cn1cnc(S(=O)(=O)N2CCN(C3(CCC(=O)c4c(F)cccc4F)CCC(F)(F)CC3)CC2)c1. The molecule has 1 aromatic carbocycles. The first-order valence-electron chi connectivity index (χ1n) is 11.5. The van der Waals surface area contributed by atoms with E-state index in [1.54, 1.807) is 7.05 Å². The average Bonchev–Trinajstić information content (AvgIpc) is 3.26. The lowest BCUT2D eigenvalue weighted by molar-refractivity contribution is -0.0891. The number of benzene rings is 1. The summed E-state index contributed by atoms with van der Waals surface area (Å²) in [5.41, 5.74) is -1.39. The summed E-state index contributed by atoms with van der Waals surface area (Å²) in [6, 6.07) is 3.19. The highest BCUT2D eigenvalue weighted by atomic mass is 35.5. The number of piperazine rings is 1. The van der Waals surface area contributed by atoms with Crippen LogP contribution < -0.4 is 0 Å². The zero-order chi connectivity index (χ0) is 25.4. The van der Waals surface area contributed by atoms with E-state index in [-0.39, 0.29) is 69.0 Å². The van der Waals surface area contributed by atoms with E-state index in [9.17, 15) is 30.8 Å². The van der Waals surface area contributed by atoms with Crippen molar-refractivity contribution in [1.82, 2.24) is 18.8 Å². The van der Waals surface area contributed by atoms with Crippen molar-refractivity contribution in [2.24, 2.45) is 7.05 Å². The number of imidazole rings is 1. The summed E-state index contributed by atoms with van der Waals surface area (Å²) in [4.78, 5) is 18.6. The van der Waals surface area contributed by atoms with Crippen LogP contribution in [0.25, 0.3) is 0 Å². The first-order chi connectivity index (χ1) is 16.4. The third kappa shape index (κ3) is 5.76. The Morgan fingerprint density at radius 1 is 1.03 bits per heavy atom. The van der Waals surface area contributed by atoms with Gasteiger partial charge in [-0.1, -0.05) is 6.07 Å². The van der Waals surface area contributed by atoms with Crippen molar-refractivity contribution in [3.05, 3.63) is 47.9 Å². The van der Waals surface area contributed by atoms with Gasteiger partial charge in [0.2, 0.25) is 5.92 Å². The summed E-state index contributed by atoms with van der Waals surface area (Å²) in [7, 11) is -2.12. The van der Waals surface area contributed by atoms with E-state index in [1.165, 1.54) is 27.5 Å². The minimum absolute atomic E-state index is 0. The molecule has 7 nitrogen and oxygen atoms in total. The lowest BCUT2D eigenvalue weighted by Crippen LogP contribution is -2.59. The quantitative estimate of drug-likeness (QED) is 0.383. The summed E-state index contributed by atoms with van der Waals surface area (Å²) in [6.45, 7) is 0.875. The van der Waals surface area contributed by atoms with Crippen molar-refractivity contribution in [1.29, 1.82) is 0 Å². The Hall–Kier alpha value is -2.02. The largest absolute Gasteiger partial charge is 0.339 e. The van der Waals surface area contributed by atoms with Gasteiger partial charge in [0.05, 0.1) is 11.9 Å². The van der Waals surface area contributed by atoms with Gasteiger partial charge in [-0.05, 0) is 31.4 Å². The number of hydrogen-bond donors (Lipinski definition) is 0. The number of carbonyl (C=O) groups excluding carboxylic acids is 1. The standard InChI is InChI=1S/C23H28F4N4O3S.ClH/c1-29-15-20(28-16-29)35(33,34)31-13-11-30(12-14-31)22(7-9-23(26,27)10-8-22)6-5-19(32)21-17(24)3-2-4-18(21)25;/h2-4,15-16H,5-14H2,1H3;1H. The highest BCUT2D eigenvalue weighted by Crippen LogP contribution is 2.44. The monoisotopic (exact) mass is 552 g/mol.